The van der Waals surface area contributed by atoms with Gasteiger partial charge in [0.2, 0.25) is 0 Å². The Morgan fingerprint density at radius 1 is 1.07 bits per heavy atom. The third-order valence-corrected chi connectivity index (χ3v) is 7.80. The number of rotatable bonds is 9. The molecule has 1 aliphatic heterocycles. The van der Waals surface area contributed by atoms with Crippen LogP contribution in [-0.4, -0.2) is 23.8 Å². The number of fused-ring (bicyclic) bond motifs is 1. The van der Waals surface area contributed by atoms with Crippen molar-refractivity contribution in [3.63, 3.8) is 0 Å². The maximum Gasteiger partial charge on any atom is 0.338 e. The van der Waals surface area contributed by atoms with E-state index in [0.29, 0.717) is 38.9 Å². The Kier molecular flexibility index (Phi) is 8.45. The molecule has 0 N–H and O–H groups in total. The number of aromatic nitrogens is 1. The van der Waals surface area contributed by atoms with E-state index in [1.807, 2.05) is 72.8 Å². The van der Waals surface area contributed by atoms with Crippen molar-refractivity contribution in [3.8, 4) is 5.75 Å². The van der Waals surface area contributed by atoms with Crippen LogP contribution in [0.15, 0.2) is 107 Å². The summed E-state index contributed by atoms with van der Waals surface area (Å²) in [7, 11) is 0. The summed E-state index contributed by atoms with van der Waals surface area (Å²) in [5.74, 6) is 0.539. The van der Waals surface area contributed by atoms with Crippen molar-refractivity contribution in [1.82, 2.24) is 4.57 Å². The van der Waals surface area contributed by atoms with Crippen molar-refractivity contribution < 1.29 is 14.3 Å². The van der Waals surface area contributed by atoms with Crippen LogP contribution < -0.4 is 19.6 Å². The zero-order chi connectivity index (χ0) is 28.9. The van der Waals surface area contributed by atoms with Crippen LogP contribution in [0.4, 0.5) is 0 Å². The largest absolute Gasteiger partial charge is 0.490 e. The fourth-order valence-electron chi connectivity index (χ4n) is 4.82. The van der Waals surface area contributed by atoms with Crippen molar-refractivity contribution in [1.29, 1.82) is 0 Å². The Morgan fingerprint density at radius 3 is 2.51 bits per heavy atom. The molecule has 208 valence electrons. The van der Waals surface area contributed by atoms with E-state index in [-0.39, 0.29) is 12.2 Å². The van der Waals surface area contributed by atoms with Crippen LogP contribution >= 0.6 is 11.3 Å². The molecule has 0 amide bonds. The van der Waals surface area contributed by atoms with Gasteiger partial charge in [-0.05, 0) is 47.7 Å². The molecule has 0 saturated carbocycles. The van der Waals surface area contributed by atoms with Gasteiger partial charge in [-0.2, -0.15) is 0 Å². The molecule has 0 radical (unpaired) electrons. The standard InChI is InChI=1S/C34H32N2O4S/c1-5-19-40-27-14-10-11-23(20-27)21-28-32(37)36-31(26-17-15-24(16-18-26)22(3)4)29(33(38)39-6-2)30(35-34(36)41-28)25-12-8-7-9-13-25/h5,7-18,20-22,31H,1,6,19H2,2-4H3/b28-21-/t31-/m1/s1. The second kappa shape index (κ2) is 12.4. The first-order valence-electron chi connectivity index (χ1n) is 13.6. The fraction of sp³-hybridized carbons (Fsp3) is 0.206. The highest BCUT2D eigenvalue weighted by molar-refractivity contribution is 7.07. The highest BCUT2D eigenvalue weighted by Gasteiger charge is 2.35. The number of carbonyl (C=O) groups is 1. The normalized spacial score (nSPS) is 14.9. The molecular weight excluding hydrogens is 532 g/mol. The lowest BCUT2D eigenvalue weighted by Crippen LogP contribution is -2.40. The molecule has 1 aromatic heterocycles. The van der Waals surface area contributed by atoms with E-state index in [2.05, 4.69) is 32.6 Å². The summed E-state index contributed by atoms with van der Waals surface area (Å²) in [6.07, 6.45) is 3.52. The van der Waals surface area contributed by atoms with E-state index < -0.39 is 12.0 Å². The van der Waals surface area contributed by atoms with Gasteiger partial charge in [0.1, 0.15) is 12.4 Å². The van der Waals surface area contributed by atoms with E-state index in [0.717, 1.165) is 16.7 Å². The minimum absolute atomic E-state index is 0.206. The monoisotopic (exact) mass is 564 g/mol. The molecule has 4 aromatic rings. The van der Waals surface area contributed by atoms with Gasteiger partial charge in [-0.15, -0.1) is 0 Å². The molecule has 6 nitrogen and oxygen atoms in total. The topological polar surface area (TPSA) is 69.9 Å². The number of hydrogen-bond donors (Lipinski definition) is 0. The van der Waals surface area contributed by atoms with Crippen LogP contribution in [0.3, 0.4) is 0 Å². The molecule has 0 aliphatic carbocycles. The van der Waals surface area contributed by atoms with Crippen molar-refractivity contribution in [2.24, 2.45) is 4.99 Å². The average Bonchev–Trinajstić information content (AvgIpc) is 3.30. The highest BCUT2D eigenvalue weighted by Crippen LogP contribution is 2.35. The molecule has 1 atom stereocenters. The lowest BCUT2D eigenvalue weighted by Gasteiger charge is -2.26. The molecule has 0 spiro atoms. The Morgan fingerprint density at radius 2 is 1.83 bits per heavy atom. The Balaban J connectivity index is 1.76. The predicted octanol–water partition coefficient (Wildman–Crippen LogP) is 5.62. The lowest BCUT2D eigenvalue weighted by atomic mass is 9.91. The smallest absolute Gasteiger partial charge is 0.338 e. The second-order valence-electron chi connectivity index (χ2n) is 9.93. The molecule has 3 aromatic carbocycles. The van der Waals surface area contributed by atoms with Gasteiger partial charge in [0.05, 0.1) is 28.5 Å². The first-order chi connectivity index (χ1) is 19.9. The van der Waals surface area contributed by atoms with Crippen LogP contribution in [0.1, 0.15) is 55.0 Å². The van der Waals surface area contributed by atoms with E-state index in [4.69, 9.17) is 14.5 Å². The van der Waals surface area contributed by atoms with E-state index >= 15 is 0 Å². The third kappa shape index (κ3) is 5.86. The molecule has 0 saturated heterocycles. The van der Waals surface area contributed by atoms with Gasteiger partial charge < -0.3 is 9.47 Å². The van der Waals surface area contributed by atoms with Crippen molar-refractivity contribution in [2.75, 3.05) is 13.2 Å². The van der Waals surface area contributed by atoms with Crippen LogP contribution in [0.2, 0.25) is 0 Å². The van der Waals surface area contributed by atoms with Crippen LogP contribution in [-0.2, 0) is 9.53 Å². The van der Waals surface area contributed by atoms with Gasteiger partial charge >= 0.3 is 5.97 Å². The molecule has 5 rings (SSSR count). The number of benzene rings is 3. The zero-order valence-corrected chi connectivity index (χ0v) is 24.2. The minimum Gasteiger partial charge on any atom is -0.490 e. The average molecular weight is 565 g/mol. The van der Waals surface area contributed by atoms with Gasteiger partial charge in [0, 0.05) is 5.56 Å². The van der Waals surface area contributed by atoms with Crippen molar-refractivity contribution in [2.45, 2.75) is 32.7 Å². The van der Waals surface area contributed by atoms with Crippen molar-refractivity contribution in [3.05, 3.63) is 139 Å². The van der Waals surface area contributed by atoms with Crippen LogP contribution in [0.5, 0.6) is 5.75 Å². The second-order valence-corrected chi connectivity index (χ2v) is 10.9. The SMILES string of the molecule is C=CCOc1cccc(/C=c2\sc3n(c2=O)[C@H](c2ccc(C(C)C)cc2)C(C(=O)OCC)=C(c2ccccc2)N=3)c1. The molecule has 2 heterocycles. The maximum atomic E-state index is 14.1. The number of nitrogens with zero attached hydrogens (tertiary/aromatic N) is 2. The molecule has 0 bridgehead atoms. The fourth-order valence-corrected chi connectivity index (χ4v) is 5.82. The molecular formula is C34H32N2O4S. The Bertz CT molecular complexity index is 1780. The van der Waals surface area contributed by atoms with E-state index in [9.17, 15) is 9.59 Å². The van der Waals surface area contributed by atoms with Gasteiger partial charge in [-0.3, -0.25) is 9.36 Å². The van der Waals surface area contributed by atoms with Crippen molar-refractivity contribution >= 4 is 29.1 Å². The summed E-state index contributed by atoms with van der Waals surface area (Å²) < 4.78 is 13.4. The number of hydrogen-bond acceptors (Lipinski definition) is 6. The molecule has 7 heteroatoms. The number of esters is 1. The third-order valence-electron chi connectivity index (χ3n) is 6.82. The first-order valence-corrected chi connectivity index (χ1v) is 14.4. The van der Waals surface area contributed by atoms with Gasteiger partial charge in [-0.25, -0.2) is 9.79 Å². The molecule has 0 unspecified atom stereocenters. The summed E-state index contributed by atoms with van der Waals surface area (Å²) in [5.41, 5.74) is 4.21. The number of thiazole rings is 1. The van der Waals surface area contributed by atoms with E-state index in [1.54, 1.807) is 17.6 Å². The van der Waals surface area contributed by atoms with Gasteiger partial charge in [-0.1, -0.05) is 105 Å². The minimum atomic E-state index is -0.703. The zero-order valence-electron chi connectivity index (χ0n) is 23.4. The summed E-state index contributed by atoms with van der Waals surface area (Å²) >= 11 is 1.30. The Hall–Kier alpha value is -4.49. The summed E-state index contributed by atoms with van der Waals surface area (Å²) in [5, 5.41) is 0. The summed E-state index contributed by atoms with van der Waals surface area (Å²) in [6, 6.07) is 24.5. The number of ether oxygens (including phenoxy) is 2. The lowest BCUT2D eigenvalue weighted by molar-refractivity contribution is -0.138. The molecule has 1 aliphatic rings. The van der Waals surface area contributed by atoms with Gasteiger partial charge in [0.15, 0.2) is 4.80 Å². The molecule has 41 heavy (non-hydrogen) atoms. The molecule has 0 fully saturated rings. The Labute approximate surface area is 243 Å². The van der Waals surface area contributed by atoms with Crippen LogP contribution in [0, 0.1) is 0 Å². The van der Waals surface area contributed by atoms with Crippen LogP contribution in [0.25, 0.3) is 11.8 Å². The summed E-state index contributed by atoms with van der Waals surface area (Å²) in [4.78, 5) is 33.1. The predicted molar refractivity (Wildman–Crippen MR) is 164 cm³/mol. The number of carbonyl (C=O) groups excluding carboxylic acids is 1. The van der Waals surface area contributed by atoms with E-state index in [1.165, 1.54) is 16.9 Å². The maximum absolute atomic E-state index is 14.1. The highest BCUT2D eigenvalue weighted by atomic mass is 32.1. The quantitative estimate of drug-likeness (QED) is 0.195. The summed E-state index contributed by atoms with van der Waals surface area (Å²) in [6.45, 7) is 10.3. The first kappa shape index (κ1) is 28.1. The van der Waals surface area contributed by atoms with Gasteiger partial charge in [0.25, 0.3) is 5.56 Å².